The Balaban J connectivity index is 0.00000161. The molecule has 0 aliphatic carbocycles. The molecule has 2 aliphatic rings. The van der Waals surface area contributed by atoms with E-state index in [4.69, 9.17) is 14.3 Å². The Morgan fingerprint density at radius 2 is 1.79 bits per heavy atom. The number of aryl methyl sites for hydroxylation is 1. The van der Waals surface area contributed by atoms with Crippen molar-refractivity contribution in [3.05, 3.63) is 17.3 Å². The second-order valence-corrected chi connectivity index (χ2v) is 9.49. The van der Waals surface area contributed by atoms with E-state index in [1.54, 1.807) is 13.8 Å². The highest BCUT2D eigenvalue weighted by Gasteiger charge is 2.33. The van der Waals surface area contributed by atoms with Crippen molar-refractivity contribution in [2.75, 3.05) is 6.54 Å². The minimum Gasteiger partial charge on any atom is -0.483 e. The van der Waals surface area contributed by atoms with Crippen molar-refractivity contribution in [3.63, 3.8) is 0 Å². The van der Waals surface area contributed by atoms with Crippen molar-refractivity contribution in [2.45, 2.75) is 84.0 Å². The molecule has 14 nitrogen and oxygen atoms in total. The van der Waals surface area contributed by atoms with E-state index in [2.05, 4.69) is 31.6 Å². The lowest BCUT2D eigenvalue weighted by molar-refractivity contribution is -0.131. The van der Waals surface area contributed by atoms with Gasteiger partial charge in [-0.25, -0.2) is 4.98 Å². The van der Waals surface area contributed by atoms with Crippen LogP contribution in [0.1, 0.15) is 81.1 Å². The van der Waals surface area contributed by atoms with Crippen molar-refractivity contribution >= 4 is 36.0 Å². The Morgan fingerprint density at radius 3 is 2.39 bits per heavy atom. The Labute approximate surface area is 220 Å². The monoisotopic (exact) mass is 536 g/mol. The highest BCUT2D eigenvalue weighted by Crippen LogP contribution is 2.24. The first-order valence-electron chi connectivity index (χ1n) is 12.5. The van der Waals surface area contributed by atoms with E-state index in [9.17, 15) is 24.0 Å². The van der Waals surface area contributed by atoms with Gasteiger partial charge in [0.25, 0.3) is 12.4 Å². The number of nitrogens with zero attached hydrogens (tertiary/aromatic N) is 1. The third-order valence-electron chi connectivity index (χ3n) is 6.16. The summed E-state index contributed by atoms with van der Waals surface area (Å²) >= 11 is 0. The number of carbonyl (C=O) groups is 6. The fraction of sp³-hybridized carbons (Fsp3) is 0.625. The lowest BCUT2D eigenvalue weighted by Gasteiger charge is -2.25. The lowest BCUT2D eigenvalue weighted by Crippen LogP contribution is -2.52. The molecule has 38 heavy (non-hydrogen) atoms. The lowest BCUT2D eigenvalue weighted by atomic mass is 10.0. The Hall–Kier alpha value is -3.97. The normalized spacial score (nSPS) is 24.8. The Bertz CT molecular complexity index is 1040. The number of carbonyl (C=O) groups excluding carboxylic acids is 5. The molecule has 0 saturated carbocycles. The maximum absolute atomic E-state index is 13.3. The first-order chi connectivity index (χ1) is 18.0. The summed E-state index contributed by atoms with van der Waals surface area (Å²) in [7, 11) is 0. The van der Waals surface area contributed by atoms with Crippen LogP contribution in [-0.4, -0.2) is 70.8 Å². The van der Waals surface area contributed by atoms with E-state index >= 15 is 0 Å². The molecule has 0 spiro atoms. The fourth-order valence-corrected chi connectivity index (χ4v) is 4.05. The van der Waals surface area contributed by atoms with Crippen LogP contribution in [0.5, 0.6) is 0 Å². The van der Waals surface area contributed by atoms with Crippen LogP contribution in [0.2, 0.25) is 0 Å². The van der Waals surface area contributed by atoms with Gasteiger partial charge in [-0.05, 0) is 45.4 Å². The molecule has 3 rings (SSSR count). The first kappa shape index (κ1) is 30.3. The first-order valence-corrected chi connectivity index (χ1v) is 12.5. The number of nitrogens with one attached hydrogen (secondary N) is 5. The van der Waals surface area contributed by atoms with Gasteiger partial charge in [0.2, 0.25) is 29.5 Å². The molecule has 2 bridgehead atoms. The summed E-state index contributed by atoms with van der Waals surface area (Å²) in [5.74, 6) is -1.65. The fourth-order valence-electron chi connectivity index (χ4n) is 4.05. The topological polar surface area (TPSA) is 209 Å². The smallest absolute Gasteiger partial charge is 0.290 e. The van der Waals surface area contributed by atoms with Crippen molar-refractivity contribution < 1.29 is 38.3 Å². The molecule has 210 valence electrons. The van der Waals surface area contributed by atoms with Crippen LogP contribution in [0, 0.1) is 12.8 Å². The number of aromatic nitrogens is 1. The molecule has 0 radical (unpaired) electrons. The van der Waals surface area contributed by atoms with Gasteiger partial charge in [-0.15, -0.1) is 0 Å². The van der Waals surface area contributed by atoms with Crippen LogP contribution >= 0.6 is 0 Å². The van der Waals surface area contributed by atoms with Gasteiger partial charge in [-0.1, -0.05) is 13.8 Å². The van der Waals surface area contributed by atoms with E-state index in [0.29, 0.717) is 32.2 Å². The van der Waals surface area contributed by atoms with E-state index < -0.39 is 41.9 Å². The minimum absolute atomic E-state index is 0.0356. The quantitative estimate of drug-likeness (QED) is 0.279. The number of carboxylic acid groups (broad SMARTS) is 1. The minimum atomic E-state index is -0.859. The maximum Gasteiger partial charge on any atom is 0.290 e. The number of oxazole rings is 1. The third kappa shape index (κ3) is 8.28. The van der Waals surface area contributed by atoms with Crippen LogP contribution in [0.3, 0.4) is 0 Å². The molecule has 5 amide bonds. The summed E-state index contributed by atoms with van der Waals surface area (Å²) in [4.78, 5) is 75.2. The number of fused-ring (bicyclic) bond motifs is 2. The molecule has 1 saturated heterocycles. The average molecular weight is 537 g/mol. The van der Waals surface area contributed by atoms with Gasteiger partial charge in [0.15, 0.2) is 5.69 Å². The molecule has 0 aromatic carbocycles. The molecular formula is C24H36N6O8. The van der Waals surface area contributed by atoms with Crippen molar-refractivity contribution in [2.24, 2.45) is 5.92 Å². The maximum atomic E-state index is 13.3. The molecule has 3 heterocycles. The predicted octanol–water partition coefficient (Wildman–Crippen LogP) is -0.321. The second-order valence-electron chi connectivity index (χ2n) is 9.49. The number of hydrogen-bond acceptors (Lipinski definition) is 8. The van der Waals surface area contributed by atoms with Gasteiger partial charge in [0.1, 0.15) is 29.9 Å². The number of rotatable bonds is 3. The molecular weight excluding hydrogens is 500 g/mol. The summed E-state index contributed by atoms with van der Waals surface area (Å²) in [6.45, 7) is 7.01. The van der Waals surface area contributed by atoms with Crippen molar-refractivity contribution in [1.82, 2.24) is 31.6 Å². The van der Waals surface area contributed by atoms with Gasteiger partial charge in [0, 0.05) is 13.0 Å². The SMILES string of the molecule is Cc1oc2nc1C(=O)N[C@H](C)C(=O)NCCCC[C@H](NC(=O)[C@H]1CCC(=O)N1)C(=O)N[C@H]2C(C)C.O=CO. The molecule has 2 aliphatic heterocycles. The van der Waals surface area contributed by atoms with Gasteiger partial charge in [-0.2, -0.15) is 0 Å². The molecule has 0 unspecified atom stereocenters. The zero-order valence-electron chi connectivity index (χ0n) is 22.0. The van der Waals surface area contributed by atoms with Gasteiger partial charge >= 0.3 is 0 Å². The molecule has 1 aromatic heterocycles. The molecule has 14 heteroatoms. The van der Waals surface area contributed by atoms with Gasteiger partial charge in [-0.3, -0.25) is 28.8 Å². The van der Waals surface area contributed by atoms with Crippen molar-refractivity contribution in [3.8, 4) is 0 Å². The summed E-state index contributed by atoms with van der Waals surface area (Å²) in [5.41, 5.74) is 0.0356. The summed E-state index contributed by atoms with van der Waals surface area (Å²) in [6.07, 6.45) is 2.09. The summed E-state index contributed by atoms with van der Waals surface area (Å²) in [6, 6.07) is -2.96. The Morgan fingerprint density at radius 1 is 1.11 bits per heavy atom. The van der Waals surface area contributed by atoms with Gasteiger partial charge in [0.05, 0.1) is 0 Å². The largest absolute Gasteiger partial charge is 0.483 e. The van der Waals surface area contributed by atoms with Crippen molar-refractivity contribution in [1.29, 1.82) is 0 Å². The highest BCUT2D eigenvalue weighted by atomic mass is 16.4. The van der Waals surface area contributed by atoms with Crippen LogP contribution in [0.15, 0.2) is 4.42 Å². The number of amides is 5. The van der Waals surface area contributed by atoms with Crippen LogP contribution in [0.4, 0.5) is 0 Å². The highest BCUT2D eigenvalue weighted by molar-refractivity contribution is 5.97. The standard InChI is InChI=1S/C23H34N6O6.CH2O2/c1-11(2)17-23-29-18(13(4)35-23)22(34)25-12(3)19(31)24-10-6-5-7-14(21(33)28-17)27-20(32)15-8-9-16(30)26-15;2-1-3/h11-12,14-15,17H,5-10H2,1-4H3,(H,24,31)(H,25,34)(H,26,30)(H,27,32)(H,28,33);1H,(H,2,3)/t12-,14+,15-,17+;/m1./s1. The molecule has 1 fully saturated rings. The summed E-state index contributed by atoms with van der Waals surface area (Å²) in [5, 5.41) is 20.5. The van der Waals surface area contributed by atoms with Crippen LogP contribution < -0.4 is 26.6 Å². The Kier molecular flexibility index (Phi) is 11.2. The van der Waals surface area contributed by atoms with E-state index in [1.165, 1.54) is 0 Å². The van der Waals surface area contributed by atoms with Crippen LogP contribution in [0.25, 0.3) is 0 Å². The van der Waals surface area contributed by atoms with Crippen LogP contribution in [-0.2, 0) is 24.0 Å². The zero-order chi connectivity index (χ0) is 28.4. The second kappa shape index (κ2) is 14.1. The average Bonchev–Trinajstić information content (AvgIpc) is 3.46. The molecule has 4 atom stereocenters. The molecule has 6 N–H and O–H groups in total. The van der Waals surface area contributed by atoms with E-state index in [1.807, 2.05) is 13.8 Å². The van der Waals surface area contributed by atoms with E-state index in [0.717, 1.165) is 0 Å². The number of hydrogen-bond donors (Lipinski definition) is 6. The van der Waals surface area contributed by atoms with E-state index in [-0.39, 0.29) is 48.0 Å². The zero-order valence-corrected chi connectivity index (χ0v) is 22.0. The third-order valence-corrected chi connectivity index (χ3v) is 6.16. The summed E-state index contributed by atoms with van der Waals surface area (Å²) < 4.78 is 5.73. The molecule has 1 aromatic rings. The van der Waals surface area contributed by atoms with Gasteiger partial charge < -0.3 is 36.1 Å². The predicted molar refractivity (Wildman–Crippen MR) is 133 cm³/mol.